The van der Waals surface area contributed by atoms with Crippen molar-refractivity contribution in [3.05, 3.63) is 66.3 Å². The SMILES string of the molecule is COc1ccc(-c2ccc(CO)o2)cc1NC(=O)c1cc(Br)cc(Br)c1I. The molecular formula is C19H14Br2INO4. The van der Waals surface area contributed by atoms with Crippen molar-refractivity contribution >= 4 is 66.0 Å². The van der Waals surface area contributed by atoms with Crippen molar-refractivity contribution in [1.82, 2.24) is 0 Å². The summed E-state index contributed by atoms with van der Waals surface area (Å²) in [7, 11) is 1.54. The van der Waals surface area contributed by atoms with Crippen molar-refractivity contribution in [3.63, 3.8) is 0 Å². The number of furan rings is 1. The molecule has 0 saturated heterocycles. The third-order valence-corrected chi connectivity index (χ3v) is 6.77. The highest BCUT2D eigenvalue weighted by Crippen LogP contribution is 2.33. The number of anilines is 1. The zero-order valence-electron chi connectivity index (χ0n) is 14.1. The van der Waals surface area contributed by atoms with Crippen LogP contribution < -0.4 is 10.1 Å². The van der Waals surface area contributed by atoms with Crippen LogP contribution in [0, 0.1) is 3.57 Å². The summed E-state index contributed by atoms with van der Waals surface area (Å²) in [5.41, 5.74) is 1.81. The van der Waals surface area contributed by atoms with Crippen LogP contribution >= 0.6 is 54.5 Å². The molecule has 0 aliphatic heterocycles. The first-order chi connectivity index (χ1) is 12.9. The minimum Gasteiger partial charge on any atom is -0.495 e. The van der Waals surface area contributed by atoms with Crippen LogP contribution in [0.2, 0.25) is 0 Å². The van der Waals surface area contributed by atoms with Gasteiger partial charge in [-0.1, -0.05) is 15.9 Å². The lowest BCUT2D eigenvalue weighted by Crippen LogP contribution is -2.14. The van der Waals surface area contributed by atoms with Gasteiger partial charge in [-0.2, -0.15) is 0 Å². The quantitative estimate of drug-likeness (QED) is 0.283. The summed E-state index contributed by atoms with van der Waals surface area (Å²) in [6.07, 6.45) is 0. The molecule has 27 heavy (non-hydrogen) atoms. The fourth-order valence-corrected chi connectivity index (χ4v) is 4.27. The van der Waals surface area contributed by atoms with Crippen molar-refractivity contribution < 1.29 is 19.1 Å². The number of ether oxygens (including phenoxy) is 1. The monoisotopic (exact) mass is 605 g/mol. The Balaban J connectivity index is 1.96. The van der Waals surface area contributed by atoms with Gasteiger partial charge in [0.2, 0.25) is 0 Å². The van der Waals surface area contributed by atoms with Crippen LogP contribution in [0.4, 0.5) is 5.69 Å². The van der Waals surface area contributed by atoms with E-state index in [0.29, 0.717) is 28.5 Å². The third kappa shape index (κ3) is 4.56. The molecule has 2 N–H and O–H groups in total. The lowest BCUT2D eigenvalue weighted by molar-refractivity contribution is 0.102. The molecular weight excluding hydrogens is 593 g/mol. The number of hydrogen-bond acceptors (Lipinski definition) is 4. The van der Waals surface area contributed by atoms with E-state index in [2.05, 4.69) is 59.8 Å². The molecule has 0 aliphatic carbocycles. The van der Waals surface area contributed by atoms with Crippen molar-refractivity contribution in [2.24, 2.45) is 0 Å². The van der Waals surface area contributed by atoms with E-state index in [1.54, 1.807) is 37.4 Å². The molecule has 0 aliphatic rings. The van der Waals surface area contributed by atoms with Gasteiger partial charge in [0, 0.05) is 18.1 Å². The number of hydrogen-bond donors (Lipinski definition) is 2. The lowest BCUT2D eigenvalue weighted by atomic mass is 10.1. The molecule has 0 saturated carbocycles. The van der Waals surface area contributed by atoms with E-state index in [-0.39, 0.29) is 12.5 Å². The Morgan fingerprint density at radius 1 is 1.22 bits per heavy atom. The predicted octanol–water partition coefficient (Wildman–Crippen LogP) is 5.83. The molecule has 0 radical (unpaired) electrons. The second-order valence-corrected chi connectivity index (χ2v) is 8.39. The van der Waals surface area contributed by atoms with Crippen LogP contribution in [0.25, 0.3) is 11.3 Å². The Morgan fingerprint density at radius 2 is 2.00 bits per heavy atom. The van der Waals surface area contributed by atoms with Crippen LogP contribution in [-0.2, 0) is 6.61 Å². The van der Waals surface area contributed by atoms with Gasteiger partial charge in [-0.25, -0.2) is 0 Å². The highest BCUT2D eigenvalue weighted by molar-refractivity contribution is 14.1. The second kappa shape index (κ2) is 8.76. The van der Waals surface area contributed by atoms with Crippen molar-refractivity contribution in [1.29, 1.82) is 0 Å². The van der Waals surface area contributed by atoms with Gasteiger partial charge in [-0.3, -0.25) is 4.79 Å². The van der Waals surface area contributed by atoms with Gasteiger partial charge in [-0.15, -0.1) is 0 Å². The van der Waals surface area contributed by atoms with Crippen molar-refractivity contribution in [3.8, 4) is 17.1 Å². The van der Waals surface area contributed by atoms with E-state index in [0.717, 1.165) is 18.1 Å². The highest BCUT2D eigenvalue weighted by Gasteiger charge is 2.17. The predicted molar refractivity (Wildman–Crippen MR) is 119 cm³/mol. The molecule has 1 aromatic heterocycles. The van der Waals surface area contributed by atoms with Gasteiger partial charge in [0.25, 0.3) is 5.91 Å². The van der Waals surface area contributed by atoms with E-state index in [4.69, 9.17) is 9.15 Å². The molecule has 3 rings (SSSR count). The minimum atomic E-state index is -0.257. The van der Waals surface area contributed by atoms with Crippen molar-refractivity contribution in [2.45, 2.75) is 6.61 Å². The number of carbonyl (C=O) groups is 1. The molecule has 3 aromatic rings. The summed E-state index contributed by atoms with van der Waals surface area (Å²) in [6.45, 7) is -0.171. The second-order valence-electron chi connectivity index (χ2n) is 5.54. The molecule has 1 heterocycles. The summed E-state index contributed by atoms with van der Waals surface area (Å²) in [4.78, 5) is 12.8. The molecule has 0 atom stereocenters. The Morgan fingerprint density at radius 3 is 2.67 bits per heavy atom. The maximum atomic E-state index is 12.8. The fraction of sp³-hybridized carbons (Fsp3) is 0.105. The maximum absolute atomic E-state index is 12.8. The lowest BCUT2D eigenvalue weighted by Gasteiger charge is -2.13. The normalized spacial score (nSPS) is 10.7. The number of amides is 1. The molecule has 5 nitrogen and oxygen atoms in total. The molecule has 0 fully saturated rings. The van der Waals surface area contributed by atoms with Gasteiger partial charge in [0.1, 0.15) is 23.9 Å². The number of nitrogens with one attached hydrogen (secondary N) is 1. The summed E-state index contributed by atoms with van der Waals surface area (Å²) in [5, 5.41) is 12.1. The Hall–Kier alpha value is -1.36. The average molecular weight is 607 g/mol. The molecule has 140 valence electrons. The van der Waals surface area contributed by atoms with E-state index in [1.807, 2.05) is 12.1 Å². The first kappa shape index (κ1) is 20.4. The Kier molecular flexibility index (Phi) is 6.61. The smallest absolute Gasteiger partial charge is 0.256 e. The van der Waals surface area contributed by atoms with Crippen LogP contribution in [0.3, 0.4) is 0 Å². The number of benzene rings is 2. The largest absolute Gasteiger partial charge is 0.495 e. The molecule has 2 aromatic carbocycles. The van der Waals surface area contributed by atoms with Gasteiger partial charge < -0.3 is 19.6 Å². The number of aliphatic hydroxyl groups is 1. The summed E-state index contributed by atoms with van der Waals surface area (Å²) >= 11 is 8.99. The van der Waals surface area contributed by atoms with E-state index in [9.17, 15) is 9.90 Å². The summed E-state index contributed by atoms with van der Waals surface area (Å²) in [5.74, 6) is 1.34. The maximum Gasteiger partial charge on any atom is 0.256 e. The van der Waals surface area contributed by atoms with E-state index in [1.165, 1.54) is 0 Å². The molecule has 0 unspecified atom stereocenters. The number of methoxy groups -OCH3 is 1. The topological polar surface area (TPSA) is 71.7 Å². The van der Waals surface area contributed by atoms with Crippen LogP contribution in [0.15, 0.2) is 55.8 Å². The van der Waals surface area contributed by atoms with Crippen molar-refractivity contribution in [2.75, 3.05) is 12.4 Å². The standard InChI is InChI=1S/C19H14Br2INO4/c1-26-17-4-2-10(16-5-3-12(9-24)27-16)6-15(17)23-19(25)13-7-11(20)8-14(21)18(13)22/h2-8,24H,9H2,1H3,(H,23,25). The number of halogens is 3. The van der Waals surface area contributed by atoms with Gasteiger partial charge in [0.05, 0.1) is 18.4 Å². The summed E-state index contributed by atoms with van der Waals surface area (Å²) < 4.78 is 13.4. The summed E-state index contributed by atoms with van der Waals surface area (Å²) in [6, 6.07) is 12.5. The number of rotatable bonds is 5. The first-order valence-electron chi connectivity index (χ1n) is 7.76. The zero-order valence-corrected chi connectivity index (χ0v) is 19.4. The molecule has 0 spiro atoms. The number of carbonyl (C=O) groups excluding carboxylic acids is 1. The average Bonchev–Trinajstić information content (AvgIpc) is 3.13. The molecule has 1 amide bonds. The fourth-order valence-electron chi connectivity index (χ4n) is 2.49. The minimum absolute atomic E-state index is 0.171. The van der Waals surface area contributed by atoms with Gasteiger partial charge >= 0.3 is 0 Å². The zero-order chi connectivity index (χ0) is 19.6. The van der Waals surface area contributed by atoms with E-state index >= 15 is 0 Å². The third-order valence-electron chi connectivity index (χ3n) is 3.79. The van der Waals surface area contributed by atoms with Gasteiger partial charge in [-0.05, 0) is 81.0 Å². The molecule has 0 bridgehead atoms. The van der Waals surface area contributed by atoms with Gasteiger partial charge in [0.15, 0.2) is 0 Å². The van der Waals surface area contributed by atoms with Crippen LogP contribution in [0.1, 0.15) is 16.1 Å². The first-order valence-corrected chi connectivity index (χ1v) is 10.4. The highest BCUT2D eigenvalue weighted by atomic mass is 127. The molecule has 8 heteroatoms. The Bertz CT molecular complexity index is 1000. The van der Waals surface area contributed by atoms with Crippen LogP contribution in [-0.4, -0.2) is 18.1 Å². The van der Waals surface area contributed by atoms with Crippen LogP contribution in [0.5, 0.6) is 5.75 Å². The number of aliphatic hydroxyl groups excluding tert-OH is 1. The Labute approximate surface area is 186 Å². The van der Waals surface area contributed by atoms with E-state index < -0.39 is 0 Å².